The molecule has 19 heavy (non-hydrogen) atoms. The Balaban J connectivity index is 2.35. The Hall–Kier alpha value is -1.39. The smallest absolute Gasteiger partial charge is 0.347 e. The summed E-state index contributed by atoms with van der Waals surface area (Å²) >= 11 is 0. The van der Waals surface area contributed by atoms with Crippen LogP contribution in [0.25, 0.3) is 0 Å². The summed E-state index contributed by atoms with van der Waals surface area (Å²) < 4.78 is 5.20. The maximum atomic E-state index is 11.9. The average Bonchev–Trinajstić information content (AvgIpc) is 2.68. The number of nitrogens with one attached hydrogen (secondary N) is 1. The van der Waals surface area contributed by atoms with E-state index in [1.165, 1.54) is 0 Å². The fraction of sp³-hybridized carbons (Fsp3) is 0.700. The lowest BCUT2D eigenvalue weighted by Gasteiger charge is -2.34. The molecule has 2 rings (SSSR count). The monoisotopic (exact) mass is 274 g/mol. The third-order valence-electron chi connectivity index (χ3n) is 3.37. The number of nitrogens with zero attached hydrogens (tertiary/aromatic N) is 1. The molecule has 9 nitrogen and oxygen atoms in total. The first-order valence-electron chi connectivity index (χ1n) is 5.60. The molecule has 0 aromatic carbocycles. The maximum Gasteiger partial charge on any atom is 0.347 e. The first-order chi connectivity index (χ1) is 8.96. The first-order valence-corrected chi connectivity index (χ1v) is 5.60. The van der Waals surface area contributed by atoms with Crippen molar-refractivity contribution in [2.75, 3.05) is 13.2 Å². The summed E-state index contributed by atoms with van der Waals surface area (Å²) in [6.45, 7) is -1.34. The van der Waals surface area contributed by atoms with Gasteiger partial charge in [0.05, 0.1) is 13.2 Å². The highest BCUT2D eigenvalue weighted by molar-refractivity contribution is 6.13. The van der Waals surface area contributed by atoms with Gasteiger partial charge in [-0.05, 0) is 0 Å². The molecule has 0 aromatic heterocycles. The zero-order chi connectivity index (χ0) is 14.2. The molecule has 5 atom stereocenters. The standard InChI is InChI=1S/C10H14N2O7/c13-1-4-5(15)6(16)7(19-4)10(3-14)2-11-9(18)12-8(10)17/h2,4-7,13-16H,1,3H2,(H,12,17,18)/t4-,5-,6-,7-,10?/m1/s1. The van der Waals surface area contributed by atoms with Crippen molar-refractivity contribution in [2.24, 2.45) is 10.4 Å². The van der Waals surface area contributed by atoms with Gasteiger partial charge in [0.25, 0.3) is 0 Å². The van der Waals surface area contributed by atoms with E-state index in [9.17, 15) is 24.9 Å². The lowest BCUT2D eigenvalue weighted by molar-refractivity contribution is -0.141. The normalized spacial score (nSPS) is 42.5. The van der Waals surface area contributed by atoms with Crippen LogP contribution in [0.5, 0.6) is 0 Å². The van der Waals surface area contributed by atoms with Crippen LogP contribution in [0.3, 0.4) is 0 Å². The van der Waals surface area contributed by atoms with E-state index < -0.39 is 55.0 Å². The van der Waals surface area contributed by atoms with Gasteiger partial charge >= 0.3 is 6.03 Å². The lowest BCUT2D eigenvalue weighted by Crippen LogP contribution is -2.59. The number of ether oxygens (including phenoxy) is 1. The van der Waals surface area contributed by atoms with Gasteiger partial charge in [0.2, 0.25) is 5.91 Å². The van der Waals surface area contributed by atoms with Gasteiger partial charge in [-0.15, -0.1) is 0 Å². The fourth-order valence-corrected chi connectivity index (χ4v) is 2.21. The number of amides is 3. The number of aliphatic imine (C=N–C) groups is 1. The van der Waals surface area contributed by atoms with Crippen LogP contribution in [0, 0.1) is 5.41 Å². The Morgan fingerprint density at radius 1 is 1.32 bits per heavy atom. The molecule has 2 aliphatic heterocycles. The molecule has 0 radical (unpaired) electrons. The number of urea groups is 1. The molecule has 0 aromatic rings. The number of aliphatic hydroxyl groups is 4. The van der Waals surface area contributed by atoms with Crippen molar-refractivity contribution >= 4 is 18.2 Å². The molecule has 0 aliphatic carbocycles. The zero-order valence-corrected chi connectivity index (χ0v) is 9.76. The molecule has 1 fully saturated rings. The zero-order valence-electron chi connectivity index (χ0n) is 9.76. The molecular formula is C10H14N2O7. The molecule has 9 heteroatoms. The predicted octanol–water partition coefficient (Wildman–Crippen LogP) is -3.23. The van der Waals surface area contributed by atoms with Crippen molar-refractivity contribution in [2.45, 2.75) is 24.4 Å². The van der Waals surface area contributed by atoms with Gasteiger partial charge < -0.3 is 25.2 Å². The van der Waals surface area contributed by atoms with Crippen molar-refractivity contribution in [3.05, 3.63) is 0 Å². The van der Waals surface area contributed by atoms with Crippen LogP contribution in [-0.2, 0) is 9.53 Å². The SMILES string of the molecule is O=C1N=CC(CO)([C@@H]2O[C@H](CO)[C@@H](O)[C@H]2O)C(=O)N1. The predicted molar refractivity (Wildman–Crippen MR) is 59.3 cm³/mol. The Kier molecular flexibility index (Phi) is 3.65. The second kappa shape index (κ2) is 4.94. The second-order valence-electron chi connectivity index (χ2n) is 4.47. The summed E-state index contributed by atoms with van der Waals surface area (Å²) in [5.74, 6) is -0.884. The lowest BCUT2D eigenvalue weighted by atomic mass is 9.79. The van der Waals surface area contributed by atoms with Gasteiger partial charge in [0.15, 0.2) is 0 Å². The van der Waals surface area contributed by atoms with E-state index in [1.807, 2.05) is 5.32 Å². The number of aliphatic hydroxyl groups excluding tert-OH is 4. The van der Waals surface area contributed by atoms with Crippen LogP contribution >= 0.6 is 0 Å². The highest BCUT2D eigenvalue weighted by Crippen LogP contribution is 2.35. The van der Waals surface area contributed by atoms with Crippen molar-refractivity contribution in [3.8, 4) is 0 Å². The quantitative estimate of drug-likeness (QED) is 0.363. The van der Waals surface area contributed by atoms with Crippen LogP contribution in [0.1, 0.15) is 0 Å². The fourth-order valence-electron chi connectivity index (χ4n) is 2.21. The first kappa shape index (κ1) is 14.0. The van der Waals surface area contributed by atoms with Gasteiger partial charge in [0.1, 0.15) is 29.8 Å². The van der Waals surface area contributed by atoms with Gasteiger partial charge in [-0.25, -0.2) is 9.79 Å². The molecule has 0 saturated carbocycles. The van der Waals surface area contributed by atoms with Crippen molar-refractivity contribution < 1.29 is 34.8 Å². The number of carbonyl (C=O) groups excluding carboxylic acids is 2. The van der Waals surface area contributed by atoms with E-state index in [0.717, 1.165) is 6.21 Å². The third-order valence-corrected chi connectivity index (χ3v) is 3.37. The topological polar surface area (TPSA) is 149 Å². The average molecular weight is 274 g/mol. The van der Waals surface area contributed by atoms with Crippen molar-refractivity contribution in [3.63, 3.8) is 0 Å². The molecule has 0 spiro atoms. The van der Waals surface area contributed by atoms with Gasteiger partial charge in [-0.2, -0.15) is 0 Å². The van der Waals surface area contributed by atoms with Gasteiger partial charge in [-0.3, -0.25) is 10.1 Å². The van der Waals surface area contributed by atoms with E-state index in [4.69, 9.17) is 9.84 Å². The van der Waals surface area contributed by atoms with Gasteiger partial charge in [0, 0.05) is 6.21 Å². The number of carbonyl (C=O) groups is 2. The maximum absolute atomic E-state index is 11.9. The number of imide groups is 1. The summed E-state index contributed by atoms with van der Waals surface area (Å²) in [7, 11) is 0. The minimum Gasteiger partial charge on any atom is -0.395 e. The van der Waals surface area contributed by atoms with E-state index in [2.05, 4.69) is 4.99 Å². The summed E-state index contributed by atoms with van der Waals surface area (Å²) in [4.78, 5) is 26.2. The summed E-state index contributed by atoms with van der Waals surface area (Å²) in [6.07, 6.45) is -4.41. The van der Waals surface area contributed by atoms with Gasteiger partial charge in [-0.1, -0.05) is 0 Å². The van der Waals surface area contributed by atoms with Crippen LogP contribution < -0.4 is 5.32 Å². The highest BCUT2D eigenvalue weighted by atomic mass is 16.6. The third kappa shape index (κ3) is 2.05. The minimum absolute atomic E-state index is 0.562. The van der Waals surface area contributed by atoms with E-state index >= 15 is 0 Å². The van der Waals surface area contributed by atoms with Crippen LogP contribution in [0.2, 0.25) is 0 Å². The van der Waals surface area contributed by atoms with E-state index in [-0.39, 0.29) is 0 Å². The van der Waals surface area contributed by atoms with Crippen LogP contribution in [0.15, 0.2) is 4.99 Å². The summed E-state index contributed by atoms with van der Waals surface area (Å²) in [6, 6.07) is -0.888. The molecular weight excluding hydrogens is 260 g/mol. The molecule has 5 N–H and O–H groups in total. The Morgan fingerprint density at radius 3 is 2.47 bits per heavy atom. The Labute approximate surface area is 107 Å². The Morgan fingerprint density at radius 2 is 2.00 bits per heavy atom. The highest BCUT2D eigenvalue weighted by Gasteiger charge is 2.57. The number of rotatable bonds is 3. The van der Waals surface area contributed by atoms with E-state index in [1.54, 1.807) is 0 Å². The largest absolute Gasteiger partial charge is 0.395 e. The molecule has 3 amide bonds. The molecule has 1 unspecified atom stereocenters. The molecule has 106 valence electrons. The molecule has 0 bridgehead atoms. The molecule has 2 aliphatic rings. The Bertz CT molecular complexity index is 426. The van der Waals surface area contributed by atoms with Crippen LogP contribution in [0.4, 0.5) is 4.79 Å². The summed E-state index contributed by atoms with van der Waals surface area (Å²) in [5, 5.41) is 39.8. The number of hydrogen-bond donors (Lipinski definition) is 5. The molecule has 2 heterocycles. The van der Waals surface area contributed by atoms with Crippen LogP contribution in [-0.4, -0.2) is 76.2 Å². The minimum atomic E-state index is -1.78. The summed E-state index contributed by atoms with van der Waals surface area (Å²) in [5.41, 5.74) is -1.78. The van der Waals surface area contributed by atoms with Crippen molar-refractivity contribution in [1.82, 2.24) is 5.32 Å². The second-order valence-corrected chi connectivity index (χ2v) is 4.47. The van der Waals surface area contributed by atoms with E-state index in [0.29, 0.717) is 0 Å². The molecule has 1 saturated heterocycles. The van der Waals surface area contributed by atoms with Crippen molar-refractivity contribution in [1.29, 1.82) is 0 Å². The number of hydrogen-bond acceptors (Lipinski definition) is 7.